The normalized spacial score (nSPS) is 17.4. The molecule has 27 heavy (non-hydrogen) atoms. The van der Waals surface area contributed by atoms with Gasteiger partial charge >= 0.3 is 0 Å². The molecule has 1 aromatic rings. The van der Waals surface area contributed by atoms with Crippen molar-refractivity contribution < 1.29 is 9.59 Å². The summed E-state index contributed by atoms with van der Waals surface area (Å²) in [5.74, 6) is -0.342. The van der Waals surface area contributed by atoms with Gasteiger partial charge in [-0.1, -0.05) is 20.8 Å². The van der Waals surface area contributed by atoms with Crippen LogP contribution in [0.5, 0.6) is 0 Å². The fourth-order valence-corrected chi connectivity index (χ4v) is 3.66. The molecule has 0 unspecified atom stereocenters. The smallest absolute Gasteiger partial charge is 0.259 e. The predicted molar refractivity (Wildman–Crippen MR) is 107 cm³/mol. The number of amides is 2. The standard InChI is InChI=1S/C21H33N3O3/c1-6-16-9-7-8-10-24(16)21(27)18-13-23(11-14(2)3)12-17(19(18)25)20(26)22-15(4)5/h12-16H,6-11H2,1-5H3,(H,22,26)/t16-/m0/s1. The summed E-state index contributed by atoms with van der Waals surface area (Å²) in [5.41, 5.74) is -0.328. The van der Waals surface area contributed by atoms with Crippen LogP contribution in [-0.2, 0) is 6.54 Å². The van der Waals surface area contributed by atoms with Crippen molar-refractivity contribution in [2.75, 3.05) is 6.54 Å². The second-order valence-electron chi connectivity index (χ2n) is 8.19. The molecule has 0 saturated carbocycles. The Balaban J connectivity index is 2.48. The Kier molecular flexibility index (Phi) is 7.22. The highest BCUT2D eigenvalue weighted by molar-refractivity contribution is 5.99. The largest absolute Gasteiger partial charge is 0.352 e. The number of carbonyl (C=O) groups excluding carboxylic acids is 2. The lowest BCUT2D eigenvalue weighted by atomic mass is 9.98. The van der Waals surface area contributed by atoms with Crippen LogP contribution in [0.25, 0.3) is 0 Å². The lowest BCUT2D eigenvalue weighted by molar-refractivity contribution is 0.0605. The zero-order valence-corrected chi connectivity index (χ0v) is 17.2. The summed E-state index contributed by atoms with van der Waals surface area (Å²) in [4.78, 5) is 40.6. The van der Waals surface area contributed by atoms with Crippen LogP contribution in [0.15, 0.2) is 17.2 Å². The van der Waals surface area contributed by atoms with Crippen molar-refractivity contribution >= 4 is 11.8 Å². The number of carbonyl (C=O) groups is 2. The number of nitrogens with zero attached hydrogens (tertiary/aromatic N) is 2. The lowest BCUT2D eigenvalue weighted by Crippen LogP contribution is -2.46. The molecule has 1 N–H and O–H groups in total. The molecule has 2 heterocycles. The molecule has 2 rings (SSSR count). The van der Waals surface area contributed by atoms with Crippen LogP contribution >= 0.6 is 0 Å². The van der Waals surface area contributed by atoms with E-state index >= 15 is 0 Å². The van der Waals surface area contributed by atoms with E-state index in [0.29, 0.717) is 19.0 Å². The molecule has 1 saturated heterocycles. The first-order valence-electron chi connectivity index (χ1n) is 10.1. The third-order valence-electron chi connectivity index (χ3n) is 4.91. The highest BCUT2D eigenvalue weighted by Crippen LogP contribution is 2.21. The van der Waals surface area contributed by atoms with Gasteiger partial charge in [-0.15, -0.1) is 0 Å². The van der Waals surface area contributed by atoms with Gasteiger partial charge in [-0.2, -0.15) is 0 Å². The van der Waals surface area contributed by atoms with Crippen molar-refractivity contribution in [2.45, 2.75) is 78.9 Å². The Bertz CT molecular complexity index is 737. The summed E-state index contributed by atoms with van der Waals surface area (Å²) in [7, 11) is 0. The maximum Gasteiger partial charge on any atom is 0.259 e. The molecular weight excluding hydrogens is 342 g/mol. The van der Waals surface area contributed by atoms with E-state index in [9.17, 15) is 14.4 Å². The molecule has 6 heteroatoms. The number of hydrogen-bond acceptors (Lipinski definition) is 3. The van der Waals surface area contributed by atoms with Gasteiger partial charge in [0.25, 0.3) is 11.8 Å². The van der Waals surface area contributed by atoms with Crippen molar-refractivity contribution in [2.24, 2.45) is 5.92 Å². The molecule has 1 fully saturated rings. The Morgan fingerprint density at radius 3 is 2.41 bits per heavy atom. The van der Waals surface area contributed by atoms with Gasteiger partial charge < -0.3 is 14.8 Å². The molecule has 1 aliphatic rings. The van der Waals surface area contributed by atoms with Crippen LogP contribution in [0, 0.1) is 5.92 Å². The van der Waals surface area contributed by atoms with Gasteiger partial charge in [0.2, 0.25) is 5.43 Å². The van der Waals surface area contributed by atoms with Gasteiger partial charge in [-0.05, 0) is 45.4 Å². The summed E-state index contributed by atoms with van der Waals surface area (Å²) in [6.45, 7) is 11.2. The minimum absolute atomic E-state index is 0.0419. The molecular formula is C21H33N3O3. The number of nitrogens with one attached hydrogen (secondary N) is 1. The molecule has 0 aromatic carbocycles. The van der Waals surface area contributed by atoms with E-state index in [1.165, 1.54) is 0 Å². The Labute approximate surface area is 161 Å². The predicted octanol–water partition coefficient (Wildman–Crippen LogP) is 3.05. The van der Waals surface area contributed by atoms with Gasteiger partial charge in [-0.25, -0.2) is 0 Å². The minimum atomic E-state index is -0.474. The molecule has 0 spiro atoms. The number of piperidine rings is 1. The van der Waals surface area contributed by atoms with Gasteiger partial charge in [0, 0.05) is 37.6 Å². The molecule has 1 atom stereocenters. The van der Waals surface area contributed by atoms with E-state index in [0.717, 1.165) is 25.7 Å². The van der Waals surface area contributed by atoms with E-state index in [2.05, 4.69) is 26.1 Å². The second kappa shape index (κ2) is 9.20. The number of rotatable bonds is 6. The maximum atomic E-state index is 13.2. The van der Waals surface area contributed by atoms with E-state index in [1.54, 1.807) is 17.0 Å². The molecule has 1 aromatic heterocycles. The van der Waals surface area contributed by atoms with E-state index in [1.807, 2.05) is 18.7 Å². The van der Waals surface area contributed by atoms with Crippen molar-refractivity contribution in [3.8, 4) is 0 Å². The van der Waals surface area contributed by atoms with Gasteiger partial charge in [0.15, 0.2) is 0 Å². The molecule has 2 amide bonds. The van der Waals surface area contributed by atoms with Crippen LogP contribution in [0.1, 0.15) is 81.0 Å². The van der Waals surface area contributed by atoms with Crippen LogP contribution in [0.3, 0.4) is 0 Å². The van der Waals surface area contributed by atoms with E-state index in [4.69, 9.17) is 0 Å². The zero-order chi connectivity index (χ0) is 20.1. The maximum absolute atomic E-state index is 13.2. The van der Waals surface area contributed by atoms with Crippen LogP contribution in [0.2, 0.25) is 0 Å². The first kappa shape index (κ1) is 21.2. The highest BCUT2D eigenvalue weighted by atomic mass is 16.2. The van der Waals surface area contributed by atoms with Crippen molar-refractivity contribution in [1.82, 2.24) is 14.8 Å². The van der Waals surface area contributed by atoms with E-state index < -0.39 is 11.3 Å². The van der Waals surface area contributed by atoms with Crippen molar-refractivity contribution in [1.29, 1.82) is 0 Å². The Morgan fingerprint density at radius 2 is 1.81 bits per heavy atom. The Hall–Kier alpha value is -2.11. The molecule has 0 radical (unpaired) electrons. The molecule has 6 nitrogen and oxygen atoms in total. The number of likely N-dealkylation sites (tertiary alicyclic amines) is 1. The third kappa shape index (κ3) is 5.21. The number of hydrogen-bond donors (Lipinski definition) is 1. The molecule has 1 aliphatic heterocycles. The molecule has 150 valence electrons. The van der Waals surface area contributed by atoms with E-state index in [-0.39, 0.29) is 29.1 Å². The highest BCUT2D eigenvalue weighted by Gasteiger charge is 2.29. The fraction of sp³-hybridized carbons (Fsp3) is 0.667. The van der Waals surface area contributed by atoms with Gasteiger partial charge in [0.1, 0.15) is 11.1 Å². The molecule has 0 aliphatic carbocycles. The SMILES string of the molecule is CC[C@H]1CCCCN1C(=O)c1cn(CC(C)C)cc(C(=O)NC(C)C)c1=O. The Morgan fingerprint density at radius 1 is 1.15 bits per heavy atom. The third-order valence-corrected chi connectivity index (χ3v) is 4.91. The average molecular weight is 376 g/mol. The molecule has 0 bridgehead atoms. The van der Waals surface area contributed by atoms with Gasteiger partial charge in [0.05, 0.1) is 0 Å². The first-order chi connectivity index (χ1) is 12.7. The topological polar surface area (TPSA) is 71.4 Å². The van der Waals surface area contributed by atoms with Crippen molar-refractivity contribution in [3.05, 3.63) is 33.7 Å². The van der Waals surface area contributed by atoms with Gasteiger partial charge in [-0.3, -0.25) is 14.4 Å². The minimum Gasteiger partial charge on any atom is -0.352 e. The quantitative estimate of drug-likeness (QED) is 0.831. The monoisotopic (exact) mass is 375 g/mol. The summed E-state index contributed by atoms with van der Waals surface area (Å²) in [5, 5.41) is 2.77. The summed E-state index contributed by atoms with van der Waals surface area (Å²) < 4.78 is 1.80. The fourth-order valence-electron chi connectivity index (χ4n) is 3.66. The second-order valence-corrected chi connectivity index (χ2v) is 8.19. The zero-order valence-electron chi connectivity index (χ0n) is 17.2. The summed E-state index contributed by atoms with van der Waals surface area (Å²) >= 11 is 0. The van der Waals surface area contributed by atoms with Crippen LogP contribution in [-0.4, -0.2) is 39.9 Å². The summed E-state index contributed by atoms with van der Waals surface area (Å²) in [6.07, 6.45) is 7.10. The lowest BCUT2D eigenvalue weighted by Gasteiger charge is -2.35. The summed E-state index contributed by atoms with van der Waals surface area (Å²) in [6, 6.07) is 0.0821. The number of pyridine rings is 1. The number of aromatic nitrogens is 1. The van der Waals surface area contributed by atoms with Crippen LogP contribution < -0.4 is 10.7 Å². The average Bonchev–Trinajstić information content (AvgIpc) is 2.61. The van der Waals surface area contributed by atoms with Crippen LogP contribution in [0.4, 0.5) is 0 Å². The first-order valence-corrected chi connectivity index (χ1v) is 10.1. The van der Waals surface area contributed by atoms with Crippen molar-refractivity contribution in [3.63, 3.8) is 0 Å².